The van der Waals surface area contributed by atoms with Crippen molar-refractivity contribution in [2.45, 2.75) is 50.3 Å². The van der Waals surface area contributed by atoms with E-state index in [1.165, 1.54) is 25.0 Å². The molecule has 3 heteroatoms. The quantitative estimate of drug-likeness (QED) is 0.687. The molecule has 0 aromatic rings. The summed E-state index contributed by atoms with van der Waals surface area (Å²) in [4.78, 5) is 0. The zero-order valence-electron chi connectivity index (χ0n) is 8.96. The normalized spacial score (nSPS) is 26.3. The topological polar surface area (TPSA) is 35.8 Å². The summed E-state index contributed by atoms with van der Waals surface area (Å²) in [5.74, 6) is 1.24. The average molecular weight is 212 g/mol. The lowest BCUT2D eigenvalue weighted by atomic mass is 10.2. The summed E-state index contributed by atoms with van der Waals surface area (Å²) in [6, 6.07) is 2.90. The smallest absolute Gasteiger partial charge is 0.0622 e. The second-order valence-corrected chi connectivity index (χ2v) is 5.38. The number of hydrogen-bond donors (Lipinski definition) is 1. The van der Waals surface area contributed by atoms with Gasteiger partial charge in [-0.2, -0.15) is 17.0 Å². The highest BCUT2D eigenvalue weighted by atomic mass is 32.2. The summed E-state index contributed by atoms with van der Waals surface area (Å²) in [6.07, 6.45) is 5.70. The first-order valence-electron chi connectivity index (χ1n) is 5.58. The molecule has 0 amide bonds. The number of hydrogen-bond acceptors (Lipinski definition) is 3. The maximum Gasteiger partial charge on any atom is 0.0622 e. The number of rotatable bonds is 6. The molecular formula is C11H20N2S. The Morgan fingerprint density at radius 1 is 1.50 bits per heavy atom. The number of nitriles is 1. The van der Waals surface area contributed by atoms with Crippen molar-refractivity contribution >= 4 is 11.8 Å². The molecule has 0 radical (unpaired) electrons. The van der Waals surface area contributed by atoms with Gasteiger partial charge in [0.1, 0.15) is 0 Å². The Morgan fingerprint density at radius 2 is 2.36 bits per heavy atom. The van der Waals surface area contributed by atoms with Crippen LogP contribution in [0.3, 0.4) is 0 Å². The molecule has 80 valence electrons. The summed E-state index contributed by atoms with van der Waals surface area (Å²) in [5.41, 5.74) is 0. The van der Waals surface area contributed by atoms with E-state index < -0.39 is 0 Å². The van der Waals surface area contributed by atoms with Crippen LogP contribution >= 0.6 is 11.8 Å². The first-order valence-corrected chi connectivity index (χ1v) is 6.63. The summed E-state index contributed by atoms with van der Waals surface area (Å²) < 4.78 is 0. The summed E-state index contributed by atoms with van der Waals surface area (Å²) >= 11 is 2.09. The van der Waals surface area contributed by atoms with Gasteiger partial charge in [-0.25, -0.2) is 0 Å². The van der Waals surface area contributed by atoms with Gasteiger partial charge in [0, 0.05) is 17.7 Å². The van der Waals surface area contributed by atoms with Gasteiger partial charge >= 0.3 is 0 Å². The van der Waals surface area contributed by atoms with Gasteiger partial charge < -0.3 is 5.32 Å². The molecule has 1 N–H and O–H groups in total. The first-order chi connectivity index (χ1) is 6.86. The lowest BCUT2D eigenvalue weighted by molar-refractivity contribution is 0.518. The fourth-order valence-electron chi connectivity index (χ4n) is 1.99. The molecule has 0 aromatic heterocycles. The van der Waals surface area contributed by atoms with Gasteiger partial charge in [-0.05, 0) is 38.0 Å². The molecular weight excluding hydrogens is 192 g/mol. The van der Waals surface area contributed by atoms with E-state index in [0.717, 1.165) is 24.3 Å². The summed E-state index contributed by atoms with van der Waals surface area (Å²) in [6.45, 7) is 3.25. The highest BCUT2D eigenvalue weighted by Crippen LogP contribution is 2.29. The number of unbranched alkanes of at least 4 members (excludes halogenated alkanes) is 1. The monoisotopic (exact) mass is 212 g/mol. The van der Waals surface area contributed by atoms with Gasteiger partial charge in [-0.15, -0.1) is 0 Å². The van der Waals surface area contributed by atoms with E-state index in [4.69, 9.17) is 5.26 Å². The van der Waals surface area contributed by atoms with Crippen molar-refractivity contribution in [3.8, 4) is 6.07 Å². The van der Waals surface area contributed by atoms with E-state index in [0.29, 0.717) is 6.42 Å². The largest absolute Gasteiger partial charge is 0.314 e. The minimum atomic E-state index is 0.687. The molecule has 1 saturated carbocycles. The Hall–Kier alpha value is -0.200. The van der Waals surface area contributed by atoms with Crippen LogP contribution in [0.4, 0.5) is 0 Å². The molecule has 14 heavy (non-hydrogen) atoms. The predicted molar refractivity (Wildman–Crippen MR) is 62.4 cm³/mol. The van der Waals surface area contributed by atoms with Crippen molar-refractivity contribution in [2.75, 3.05) is 12.3 Å². The Balaban J connectivity index is 2.02. The van der Waals surface area contributed by atoms with Gasteiger partial charge in [-0.3, -0.25) is 0 Å². The minimum absolute atomic E-state index is 0.687. The van der Waals surface area contributed by atoms with Crippen molar-refractivity contribution in [2.24, 2.45) is 0 Å². The second kappa shape index (κ2) is 7.14. The van der Waals surface area contributed by atoms with Crippen molar-refractivity contribution in [3.05, 3.63) is 0 Å². The third-order valence-corrected chi connectivity index (χ3v) is 3.92. The van der Waals surface area contributed by atoms with E-state index in [1.54, 1.807) is 0 Å². The average Bonchev–Trinajstić information content (AvgIpc) is 2.61. The lowest BCUT2D eigenvalue weighted by Gasteiger charge is -2.11. The second-order valence-electron chi connectivity index (χ2n) is 3.80. The molecule has 0 bridgehead atoms. The Bertz CT molecular complexity index is 188. The van der Waals surface area contributed by atoms with E-state index >= 15 is 0 Å². The van der Waals surface area contributed by atoms with E-state index in [2.05, 4.69) is 30.1 Å². The Kier molecular flexibility index (Phi) is 6.05. The predicted octanol–water partition coefficient (Wildman–Crippen LogP) is 2.55. The standard InChI is InChI=1S/C11H20N2S/c1-2-14-11-6-5-10(9-11)13-8-4-3-7-12/h10-11,13H,2-6,8-9H2,1H3. The molecule has 1 aliphatic carbocycles. The molecule has 1 aliphatic rings. The van der Waals surface area contributed by atoms with Crippen LogP contribution in [0.2, 0.25) is 0 Å². The van der Waals surface area contributed by atoms with Gasteiger partial charge in [0.15, 0.2) is 0 Å². The maximum absolute atomic E-state index is 8.39. The molecule has 1 fully saturated rings. The zero-order chi connectivity index (χ0) is 10.2. The molecule has 2 unspecified atom stereocenters. The highest BCUT2D eigenvalue weighted by Gasteiger charge is 2.23. The van der Waals surface area contributed by atoms with Crippen LogP contribution in [0.5, 0.6) is 0 Å². The van der Waals surface area contributed by atoms with Crippen molar-refractivity contribution < 1.29 is 0 Å². The molecule has 1 rings (SSSR count). The number of nitrogens with zero attached hydrogens (tertiary/aromatic N) is 1. The van der Waals surface area contributed by atoms with Crippen molar-refractivity contribution in [1.29, 1.82) is 5.26 Å². The molecule has 2 atom stereocenters. The number of thioether (sulfide) groups is 1. The third kappa shape index (κ3) is 4.34. The zero-order valence-corrected chi connectivity index (χ0v) is 9.78. The van der Waals surface area contributed by atoms with Crippen molar-refractivity contribution in [1.82, 2.24) is 5.32 Å². The molecule has 0 aliphatic heterocycles. The maximum atomic E-state index is 8.39. The number of nitrogens with one attached hydrogen (secondary N) is 1. The van der Waals surface area contributed by atoms with Gasteiger partial charge in [0.25, 0.3) is 0 Å². The van der Waals surface area contributed by atoms with E-state index in [1.807, 2.05) is 0 Å². The van der Waals surface area contributed by atoms with Gasteiger partial charge in [0.2, 0.25) is 0 Å². The molecule has 0 aromatic carbocycles. The molecule has 0 heterocycles. The highest BCUT2D eigenvalue weighted by molar-refractivity contribution is 7.99. The molecule has 0 saturated heterocycles. The summed E-state index contributed by atoms with van der Waals surface area (Å²) in [7, 11) is 0. The SMILES string of the molecule is CCSC1CCC(NCCCC#N)C1. The lowest BCUT2D eigenvalue weighted by Crippen LogP contribution is -2.27. The van der Waals surface area contributed by atoms with Gasteiger partial charge in [0.05, 0.1) is 6.07 Å². The van der Waals surface area contributed by atoms with Crippen LogP contribution in [-0.4, -0.2) is 23.6 Å². The van der Waals surface area contributed by atoms with Crippen LogP contribution in [0.1, 0.15) is 39.0 Å². The first kappa shape index (κ1) is 11.9. The van der Waals surface area contributed by atoms with Gasteiger partial charge in [-0.1, -0.05) is 6.92 Å². The van der Waals surface area contributed by atoms with Crippen LogP contribution < -0.4 is 5.32 Å². The minimum Gasteiger partial charge on any atom is -0.314 e. The Labute approximate surface area is 91.4 Å². The third-order valence-electron chi connectivity index (χ3n) is 2.69. The summed E-state index contributed by atoms with van der Waals surface area (Å²) in [5, 5.41) is 12.8. The fourth-order valence-corrected chi connectivity index (χ4v) is 3.13. The van der Waals surface area contributed by atoms with E-state index in [9.17, 15) is 0 Å². The Morgan fingerprint density at radius 3 is 3.07 bits per heavy atom. The fraction of sp³-hybridized carbons (Fsp3) is 0.909. The van der Waals surface area contributed by atoms with Crippen LogP contribution in [0, 0.1) is 11.3 Å². The molecule has 0 spiro atoms. The van der Waals surface area contributed by atoms with E-state index in [-0.39, 0.29) is 0 Å². The van der Waals surface area contributed by atoms with Crippen molar-refractivity contribution in [3.63, 3.8) is 0 Å². The van der Waals surface area contributed by atoms with Crippen LogP contribution in [-0.2, 0) is 0 Å². The van der Waals surface area contributed by atoms with Crippen LogP contribution in [0.25, 0.3) is 0 Å². The van der Waals surface area contributed by atoms with Crippen LogP contribution in [0.15, 0.2) is 0 Å². The molecule has 2 nitrogen and oxygen atoms in total.